The highest BCUT2D eigenvalue weighted by Gasteiger charge is 2.20. The molecule has 0 aromatic rings. The zero-order valence-electron chi connectivity index (χ0n) is 49.6. The van der Waals surface area contributed by atoms with Gasteiger partial charge in [-0.25, -0.2) is 0 Å². The van der Waals surface area contributed by atoms with Crippen molar-refractivity contribution in [1.82, 2.24) is 5.32 Å². The van der Waals surface area contributed by atoms with Crippen LogP contribution >= 0.6 is 0 Å². The molecule has 2 atom stereocenters. The second-order valence-corrected chi connectivity index (χ2v) is 22.4. The second kappa shape index (κ2) is 63.4. The van der Waals surface area contributed by atoms with Crippen LogP contribution in [-0.2, 0) is 14.3 Å². The van der Waals surface area contributed by atoms with Crippen molar-refractivity contribution in [1.29, 1.82) is 0 Å². The quantitative estimate of drug-likeness (QED) is 0.0320. The van der Waals surface area contributed by atoms with Gasteiger partial charge in [-0.05, 0) is 89.9 Å². The Labute approximate surface area is 461 Å². The zero-order chi connectivity index (χ0) is 53.6. The van der Waals surface area contributed by atoms with Crippen LogP contribution in [0.15, 0.2) is 48.6 Å². The average molecular weight is 1040 g/mol. The summed E-state index contributed by atoms with van der Waals surface area (Å²) in [5.74, 6) is -0.0359. The van der Waals surface area contributed by atoms with Gasteiger partial charge in [0.25, 0.3) is 0 Å². The summed E-state index contributed by atoms with van der Waals surface area (Å²) >= 11 is 0. The van der Waals surface area contributed by atoms with E-state index in [1.807, 2.05) is 0 Å². The lowest BCUT2D eigenvalue weighted by atomic mass is 10.0. The minimum Gasteiger partial charge on any atom is -0.466 e. The van der Waals surface area contributed by atoms with Crippen LogP contribution in [0.3, 0.4) is 0 Å². The standard InChI is InChI=1S/C68H127NO5/c1-3-5-7-9-11-13-15-16-34-38-42-46-50-54-58-62-68(73)74-63-59-55-51-47-43-39-36-33-31-29-27-25-23-21-19-17-18-20-22-24-26-28-30-32-35-37-41-45-49-53-57-61-67(72)69-65(64-70)66(71)60-56-52-48-44-40-14-12-10-8-6-4-2/h11,13,16,19,21,25,27,34,65-66,70-71H,3-10,12,14-15,17-18,20,22-24,26,28-33,35-64H2,1-2H3,(H,69,72)/b13-11-,21-19-,27-25-,34-16-. The largest absolute Gasteiger partial charge is 0.466 e. The van der Waals surface area contributed by atoms with E-state index in [9.17, 15) is 19.8 Å². The number of unbranched alkanes of at least 4 members (excludes halogenated alkanes) is 42. The van der Waals surface area contributed by atoms with E-state index < -0.39 is 12.1 Å². The van der Waals surface area contributed by atoms with E-state index in [2.05, 4.69) is 67.8 Å². The number of carbonyl (C=O) groups is 2. The Morgan fingerprint density at radius 1 is 0.378 bits per heavy atom. The van der Waals surface area contributed by atoms with Crippen molar-refractivity contribution in [2.45, 2.75) is 360 Å². The normalized spacial score (nSPS) is 12.9. The van der Waals surface area contributed by atoms with E-state index >= 15 is 0 Å². The summed E-state index contributed by atoms with van der Waals surface area (Å²) in [6.45, 7) is 4.92. The van der Waals surface area contributed by atoms with E-state index in [4.69, 9.17) is 4.74 Å². The topological polar surface area (TPSA) is 95.9 Å². The smallest absolute Gasteiger partial charge is 0.305 e. The molecule has 0 aliphatic rings. The van der Waals surface area contributed by atoms with Gasteiger partial charge in [-0.2, -0.15) is 0 Å². The molecular formula is C68H127NO5. The van der Waals surface area contributed by atoms with Crippen LogP contribution in [0.25, 0.3) is 0 Å². The monoisotopic (exact) mass is 1040 g/mol. The molecule has 0 radical (unpaired) electrons. The number of aliphatic hydroxyl groups is 2. The summed E-state index contributed by atoms with van der Waals surface area (Å²) in [5, 5.41) is 23.2. The lowest BCUT2D eigenvalue weighted by Gasteiger charge is -2.22. The van der Waals surface area contributed by atoms with Gasteiger partial charge in [0.05, 0.1) is 25.4 Å². The summed E-state index contributed by atoms with van der Waals surface area (Å²) < 4.78 is 5.48. The van der Waals surface area contributed by atoms with Crippen LogP contribution in [0.2, 0.25) is 0 Å². The first-order valence-corrected chi connectivity index (χ1v) is 32.9. The molecule has 0 aliphatic heterocycles. The van der Waals surface area contributed by atoms with Gasteiger partial charge in [-0.3, -0.25) is 9.59 Å². The van der Waals surface area contributed by atoms with Gasteiger partial charge < -0.3 is 20.3 Å². The third kappa shape index (κ3) is 59.1. The molecule has 3 N–H and O–H groups in total. The van der Waals surface area contributed by atoms with Crippen LogP contribution in [0.4, 0.5) is 0 Å². The summed E-state index contributed by atoms with van der Waals surface area (Å²) in [7, 11) is 0. The number of hydrogen-bond donors (Lipinski definition) is 3. The fraction of sp³-hybridized carbons (Fsp3) is 0.853. The molecule has 74 heavy (non-hydrogen) atoms. The molecule has 0 aromatic carbocycles. The summed E-state index contributed by atoms with van der Waals surface area (Å²) in [6, 6.07) is -0.540. The fourth-order valence-corrected chi connectivity index (χ4v) is 10.1. The molecule has 1 amide bonds. The number of aliphatic hydroxyl groups excluding tert-OH is 2. The highest BCUT2D eigenvalue weighted by Crippen LogP contribution is 2.17. The highest BCUT2D eigenvalue weighted by atomic mass is 16.5. The summed E-state index contributed by atoms with van der Waals surface area (Å²) in [5.41, 5.74) is 0. The number of hydrogen-bond acceptors (Lipinski definition) is 5. The number of nitrogens with one attached hydrogen (secondary N) is 1. The Morgan fingerprint density at radius 2 is 0.676 bits per heavy atom. The predicted octanol–water partition coefficient (Wildman–Crippen LogP) is 20.9. The minimum atomic E-state index is -0.663. The first kappa shape index (κ1) is 71.8. The Kier molecular flexibility index (Phi) is 61.5. The highest BCUT2D eigenvalue weighted by molar-refractivity contribution is 5.76. The maximum Gasteiger partial charge on any atom is 0.305 e. The van der Waals surface area contributed by atoms with Gasteiger partial charge in [0.2, 0.25) is 5.91 Å². The van der Waals surface area contributed by atoms with Gasteiger partial charge in [-0.1, -0.05) is 294 Å². The third-order valence-electron chi connectivity index (χ3n) is 15.1. The predicted molar refractivity (Wildman–Crippen MR) is 324 cm³/mol. The van der Waals surface area contributed by atoms with E-state index in [1.165, 1.54) is 257 Å². The number of carbonyl (C=O) groups excluding carboxylic acids is 2. The van der Waals surface area contributed by atoms with E-state index in [0.717, 1.165) is 57.8 Å². The molecule has 0 saturated carbocycles. The molecule has 6 nitrogen and oxygen atoms in total. The molecule has 0 aliphatic carbocycles. The molecule has 0 bridgehead atoms. The summed E-state index contributed by atoms with van der Waals surface area (Å²) in [4.78, 5) is 24.5. The van der Waals surface area contributed by atoms with Gasteiger partial charge >= 0.3 is 5.97 Å². The Hall–Kier alpha value is -2.18. The van der Waals surface area contributed by atoms with Gasteiger partial charge in [-0.15, -0.1) is 0 Å². The first-order valence-electron chi connectivity index (χ1n) is 32.9. The molecule has 0 rings (SSSR count). The molecule has 434 valence electrons. The number of amides is 1. The molecule has 6 heteroatoms. The van der Waals surface area contributed by atoms with Crippen LogP contribution in [0, 0.1) is 0 Å². The zero-order valence-corrected chi connectivity index (χ0v) is 49.6. The first-order chi connectivity index (χ1) is 36.5. The van der Waals surface area contributed by atoms with Crippen LogP contribution in [-0.4, -0.2) is 47.4 Å². The molecule has 0 aromatic heterocycles. The van der Waals surface area contributed by atoms with Gasteiger partial charge in [0.15, 0.2) is 0 Å². The maximum absolute atomic E-state index is 12.5. The lowest BCUT2D eigenvalue weighted by Crippen LogP contribution is -2.45. The van der Waals surface area contributed by atoms with Crippen LogP contribution in [0.1, 0.15) is 348 Å². The maximum atomic E-state index is 12.5. The van der Waals surface area contributed by atoms with E-state index in [0.29, 0.717) is 25.9 Å². The van der Waals surface area contributed by atoms with Gasteiger partial charge in [0.1, 0.15) is 0 Å². The lowest BCUT2D eigenvalue weighted by molar-refractivity contribution is -0.143. The van der Waals surface area contributed by atoms with Crippen molar-refractivity contribution in [3.63, 3.8) is 0 Å². The van der Waals surface area contributed by atoms with Crippen LogP contribution < -0.4 is 5.32 Å². The Morgan fingerprint density at radius 3 is 1.05 bits per heavy atom. The summed E-state index contributed by atoms with van der Waals surface area (Å²) in [6.07, 6.45) is 81.5. The SMILES string of the molecule is CCCCC/C=C\C/C=C\CCCCCCCC(=O)OCCCCCCCCCCC/C=C\C/C=C\CCCCCCCCCCCCCCCCCC(=O)NC(CO)C(O)CCCCCCCCCCCCC. The third-order valence-corrected chi connectivity index (χ3v) is 15.1. The van der Waals surface area contributed by atoms with Gasteiger partial charge in [0, 0.05) is 12.8 Å². The average Bonchev–Trinajstić information content (AvgIpc) is 3.40. The molecule has 0 saturated heterocycles. The number of ether oxygens (including phenoxy) is 1. The van der Waals surface area contributed by atoms with Crippen molar-refractivity contribution in [3.8, 4) is 0 Å². The molecule has 0 spiro atoms. The Bertz CT molecular complexity index is 1240. The van der Waals surface area contributed by atoms with E-state index in [-0.39, 0.29) is 18.5 Å². The van der Waals surface area contributed by atoms with Crippen molar-refractivity contribution in [3.05, 3.63) is 48.6 Å². The Balaban J connectivity index is 3.38. The number of esters is 1. The second-order valence-electron chi connectivity index (χ2n) is 22.4. The molecular weight excluding hydrogens is 911 g/mol. The van der Waals surface area contributed by atoms with Crippen LogP contribution in [0.5, 0.6) is 0 Å². The fourth-order valence-electron chi connectivity index (χ4n) is 10.1. The number of rotatable bonds is 61. The molecule has 2 unspecified atom stereocenters. The minimum absolute atomic E-state index is 0.00109. The number of allylic oxidation sites excluding steroid dienone is 8. The van der Waals surface area contributed by atoms with Crippen molar-refractivity contribution < 1.29 is 24.5 Å². The van der Waals surface area contributed by atoms with E-state index in [1.54, 1.807) is 0 Å². The van der Waals surface area contributed by atoms with Crippen molar-refractivity contribution in [2.75, 3.05) is 13.2 Å². The van der Waals surface area contributed by atoms with Crippen molar-refractivity contribution >= 4 is 11.9 Å². The van der Waals surface area contributed by atoms with Crippen molar-refractivity contribution in [2.24, 2.45) is 0 Å². The molecule has 0 fully saturated rings. The molecule has 0 heterocycles.